The fraction of sp³-hybridized carbons (Fsp3) is 0.526. The highest BCUT2D eigenvalue weighted by Crippen LogP contribution is 2.51. The first-order chi connectivity index (χ1) is 11.8. The molecule has 1 aliphatic carbocycles. The van der Waals surface area contributed by atoms with Crippen molar-refractivity contribution >= 4 is 41.7 Å². The van der Waals surface area contributed by atoms with Gasteiger partial charge >= 0.3 is 0 Å². The predicted octanol–water partition coefficient (Wildman–Crippen LogP) is 3.83. The van der Waals surface area contributed by atoms with Gasteiger partial charge in [-0.05, 0) is 37.8 Å². The van der Waals surface area contributed by atoms with Crippen LogP contribution in [-0.2, 0) is 4.74 Å². The highest BCUT2D eigenvalue weighted by Gasteiger charge is 2.43. The Kier molecular flexibility index (Phi) is 8.58. The molecule has 0 aromatic heterocycles. The number of nitrogens with one attached hydrogen (secondary N) is 2. The molecule has 0 spiro atoms. The first kappa shape index (κ1) is 20.6. The third-order valence-electron chi connectivity index (χ3n) is 4.48. The minimum absolute atomic E-state index is 0. The van der Waals surface area contributed by atoms with Gasteiger partial charge in [-0.15, -0.1) is 35.7 Å². The number of guanidine groups is 1. The predicted molar refractivity (Wildman–Crippen MR) is 117 cm³/mol. The molecular weight excluding hydrogens is 445 g/mol. The van der Waals surface area contributed by atoms with Crippen LogP contribution in [0.25, 0.3) is 0 Å². The lowest BCUT2D eigenvalue weighted by Crippen LogP contribution is -2.41. The van der Waals surface area contributed by atoms with Gasteiger partial charge < -0.3 is 15.4 Å². The molecule has 0 unspecified atom stereocenters. The van der Waals surface area contributed by atoms with Crippen LogP contribution >= 0.6 is 35.7 Å². The van der Waals surface area contributed by atoms with Crippen LogP contribution in [-0.4, -0.2) is 44.1 Å². The molecule has 1 aromatic rings. The SMILES string of the molecule is CN=C(NCCC1=CCOCC1)NCC1(Sc2ccccc2)CC1.I. The highest BCUT2D eigenvalue weighted by atomic mass is 127. The first-order valence-corrected chi connectivity index (χ1v) is 9.56. The van der Waals surface area contributed by atoms with E-state index in [0.29, 0.717) is 4.75 Å². The van der Waals surface area contributed by atoms with Gasteiger partial charge in [0.2, 0.25) is 0 Å². The van der Waals surface area contributed by atoms with E-state index in [1.807, 2.05) is 18.8 Å². The van der Waals surface area contributed by atoms with Gasteiger partial charge in [-0.1, -0.05) is 29.8 Å². The maximum absolute atomic E-state index is 5.34. The Morgan fingerprint density at radius 3 is 2.68 bits per heavy atom. The van der Waals surface area contributed by atoms with Crippen molar-refractivity contribution in [2.45, 2.75) is 35.3 Å². The molecule has 4 nitrogen and oxygen atoms in total. The molecule has 1 aromatic carbocycles. The summed E-state index contributed by atoms with van der Waals surface area (Å²) in [5.74, 6) is 0.905. The molecule has 25 heavy (non-hydrogen) atoms. The Morgan fingerprint density at radius 1 is 1.24 bits per heavy atom. The molecule has 0 radical (unpaired) electrons. The lowest BCUT2D eigenvalue weighted by molar-refractivity contribution is 0.153. The second-order valence-corrected chi connectivity index (χ2v) is 7.93. The van der Waals surface area contributed by atoms with E-state index in [0.717, 1.165) is 45.1 Å². The molecule has 0 saturated heterocycles. The van der Waals surface area contributed by atoms with Gasteiger partial charge in [0.05, 0.1) is 13.2 Å². The zero-order valence-corrected chi connectivity index (χ0v) is 17.9. The average molecular weight is 473 g/mol. The van der Waals surface area contributed by atoms with Crippen LogP contribution in [0.5, 0.6) is 0 Å². The van der Waals surface area contributed by atoms with Crippen molar-refractivity contribution in [1.29, 1.82) is 0 Å². The summed E-state index contributed by atoms with van der Waals surface area (Å²) in [6.45, 7) is 3.51. The number of benzene rings is 1. The Hall–Kier alpha value is -0.730. The molecule has 0 bridgehead atoms. The molecule has 1 heterocycles. The van der Waals surface area contributed by atoms with E-state index in [-0.39, 0.29) is 24.0 Å². The van der Waals surface area contributed by atoms with Crippen LogP contribution in [0.2, 0.25) is 0 Å². The van der Waals surface area contributed by atoms with Crippen LogP contribution < -0.4 is 10.6 Å². The fourth-order valence-electron chi connectivity index (χ4n) is 2.79. The zero-order chi connectivity index (χ0) is 16.7. The van der Waals surface area contributed by atoms with E-state index in [9.17, 15) is 0 Å². The molecule has 3 rings (SSSR count). The van der Waals surface area contributed by atoms with Crippen LogP contribution in [0.3, 0.4) is 0 Å². The second-order valence-electron chi connectivity index (χ2n) is 6.39. The number of nitrogens with zero attached hydrogens (tertiary/aromatic N) is 1. The van der Waals surface area contributed by atoms with Crippen molar-refractivity contribution in [2.24, 2.45) is 4.99 Å². The second kappa shape index (κ2) is 10.4. The smallest absolute Gasteiger partial charge is 0.191 e. The molecule has 0 amide bonds. The van der Waals surface area contributed by atoms with Crippen molar-refractivity contribution in [3.63, 3.8) is 0 Å². The lowest BCUT2D eigenvalue weighted by atomic mass is 10.1. The van der Waals surface area contributed by atoms with E-state index in [1.165, 1.54) is 23.3 Å². The van der Waals surface area contributed by atoms with E-state index in [1.54, 1.807) is 0 Å². The summed E-state index contributed by atoms with van der Waals surface area (Å²) < 4.78 is 5.68. The topological polar surface area (TPSA) is 45.7 Å². The first-order valence-electron chi connectivity index (χ1n) is 8.74. The van der Waals surface area contributed by atoms with E-state index in [2.05, 4.69) is 52.0 Å². The summed E-state index contributed by atoms with van der Waals surface area (Å²) in [6, 6.07) is 10.7. The van der Waals surface area contributed by atoms with Crippen molar-refractivity contribution in [2.75, 3.05) is 33.4 Å². The minimum Gasteiger partial charge on any atom is -0.377 e. The minimum atomic E-state index is 0. The highest BCUT2D eigenvalue weighted by molar-refractivity contribution is 14.0. The standard InChI is InChI=1S/C19H27N3OS.HI/c1-20-18(21-12-7-16-8-13-23-14-9-16)22-15-19(10-11-19)24-17-5-3-2-4-6-17;/h2-6,8H,7,9-15H2,1H3,(H2,20,21,22);1H. The summed E-state index contributed by atoms with van der Waals surface area (Å²) in [5, 5.41) is 6.93. The maximum atomic E-state index is 5.34. The van der Waals surface area contributed by atoms with Crippen LogP contribution in [0.1, 0.15) is 25.7 Å². The van der Waals surface area contributed by atoms with Gasteiger partial charge in [0, 0.05) is 29.8 Å². The molecule has 1 saturated carbocycles. The van der Waals surface area contributed by atoms with E-state index >= 15 is 0 Å². The molecule has 0 atom stereocenters. The van der Waals surface area contributed by atoms with Gasteiger partial charge in [-0.3, -0.25) is 4.99 Å². The van der Waals surface area contributed by atoms with Crippen molar-refractivity contribution in [3.8, 4) is 0 Å². The van der Waals surface area contributed by atoms with Crippen molar-refractivity contribution < 1.29 is 4.74 Å². The summed E-state index contributed by atoms with van der Waals surface area (Å²) in [5.41, 5.74) is 1.49. The third kappa shape index (κ3) is 6.83. The van der Waals surface area contributed by atoms with Crippen LogP contribution in [0.15, 0.2) is 51.9 Å². The monoisotopic (exact) mass is 473 g/mol. The Bertz CT molecular complexity index is 588. The van der Waals surface area contributed by atoms with Gasteiger partial charge in [-0.25, -0.2) is 0 Å². The molecule has 138 valence electrons. The summed E-state index contributed by atoms with van der Waals surface area (Å²) in [7, 11) is 1.84. The van der Waals surface area contributed by atoms with Crippen molar-refractivity contribution in [3.05, 3.63) is 42.0 Å². The molecule has 2 N–H and O–H groups in total. The third-order valence-corrected chi connectivity index (χ3v) is 5.98. The number of hydrogen-bond acceptors (Lipinski definition) is 3. The van der Waals surface area contributed by atoms with Gasteiger partial charge in [0.15, 0.2) is 5.96 Å². The van der Waals surface area contributed by atoms with Gasteiger partial charge in [0.1, 0.15) is 0 Å². The number of ether oxygens (including phenoxy) is 1. The quantitative estimate of drug-likeness (QED) is 0.274. The number of halogens is 1. The fourth-order valence-corrected chi connectivity index (χ4v) is 4.04. The molecule has 6 heteroatoms. The van der Waals surface area contributed by atoms with E-state index in [4.69, 9.17) is 4.74 Å². The summed E-state index contributed by atoms with van der Waals surface area (Å²) in [4.78, 5) is 5.70. The van der Waals surface area contributed by atoms with E-state index < -0.39 is 0 Å². The van der Waals surface area contributed by atoms with Crippen molar-refractivity contribution in [1.82, 2.24) is 10.6 Å². The molecular formula is C19H28IN3OS. The molecule has 1 fully saturated rings. The maximum Gasteiger partial charge on any atom is 0.191 e. The number of thioether (sulfide) groups is 1. The number of rotatable bonds is 7. The average Bonchev–Trinajstić information content (AvgIpc) is 3.39. The largest absolute Gasteiger partial charge is 0.377 e. The Morgan fingerprint density at radius 2 is 2.04 bits per heavy atom. The lowest BCUT2D eigenvalue weighted by Gasteiger charge is -2.19. The normalized spacial score (nSPS) is 18.8. The Balaban J connectivity index is 0.00000225. The number of aliphatic imine (C=N–C) groups is 1. The molecule has 1 aliphatic heterocycles. The Labute approximate surface area is 172 Å². The summed E-state index contributed by atoms with van der Waals surface area (Å²) in [6.07, 6.45) is 6.86. The van der Waals surface area contributed by atoms with Crippen LogP contribution in [0, 0.1) is 0 Å². The van der Waals surface area contributed by atoms with Crippen LogP contribution in [0.4, 0.5) is 0 Å². The molecule has 2 aliphatic rings. The number of hydrogen-bond donors (Lipinski definition) is 2. The summed E-state index contributed by atoms with van der Waals surface area (Å²) >= 11 is 1.99. The van der Waals surface area contributed by atoms with Gasteiger partial charge in [-0.2, -0.15) is 0 Å². The van der Waals surface area contributed by atoms with Gasteiger partial charge in [0.25, 0.3) is 0 Å². The zero-order valence-electron chi connectivity index (χ0n) is 14.8.